The van der Waals surface area contributed by atoms with Crippen LogP contribution >= 0.6 is 0 Å². The second kappa shape index (κ2) is 5.47. The molecule has 1 aliphatic heterocycles. The van der Waals surface area contributed by atoms with Gasteiger partial charge in [-0.05, 0) is 19.1 Å². The van der Waals surface area contributed by atoms with E-state index < -0.39 is 0 Å². The van der Waals surface area contributed by atoms with Crippen molar-refractivity contribution in [2.45, 2.75) is 6.92 Å². The van der Waals surface area contributed by atoms with Gasteiger partial charge < -0.3 is 20.1 Å². The summed E-state index contributed by atoms with van der Waals surface area (Å²) in [5.41, 5.74) is 8.35. The average molecular weight is 286 g/mol. The van der Waals surface area contributed by atoms with Gasteiger partial charge in [-0.1, -0.05) is 17.3 Å². The maximum absolute atomic E-state index is 12.4. The largest absolute Gasteiger partial charge is 0.397 e. The molecule has 3 rings (SSSR count). The summed E-state index contributed by atoms with van der Waals surface area (Å²) in [5, 5.41) is 3.66. The molecule has 21 heavy (non-hydrogen) atoms. The van der Waals surface area contributed by atoms with Crippen LogP contribution in [0.1, 0.15) is 16.1 Å². The van der Waals surface area contributed by atoms with Gasteiger partial charge in [0.05, 0.1) is 17.6 Å². The number of anilines is 2. The van der Waals surface area contributed by atoms with Crippen molar-refractivity contribution in [2.24, 2.45) is 0 Å². The smallest absolute Gasteiger partial charge is 0.259 e. The predicted octanol–water partition coefficient (Wildman–Crippen LogP) is 1.53. The maximum atomic E-state index is 12.4. The van der Waals surface area contributed by atoms with Crippen LogP contribution in [0.15, 0.2) is 35.0 Å². The number of para-hydroxylation sites is 2. The summed E-state index contributed by atoms with van der Waals surface area (Å²) in [6.07, 6.45) is 1.49. The molecule has 1 amide bonds. The fourth-order valence-electron chi connectivity index (χ4n) is 2.60. The Labute approximate surface area is 123 Å². The molecule has 1 aliphatic rings. The first-order chi connectivity index (χ1) is 10.2. The zero-order chi connectivity index (χ0) is 14.8. The number of rotatable bonds is 2. The minimum atomic E-state index is -0.0190. The zero-order valence-electron chi connectivity index (χ0n) is 12.0. The topological polar surface area (TPSA) is 75.6 Å². The van der Waals surface area contributed by atoms with Crippen molar-refractivity contribution in [1.82, 2.24) is 10.1 Å². The first-order valence-electron chi connectivity index (χ1n) is 6.97. The van der Waals surface area contributed by atoms with E-state index in [1.807, 2.05) is 29.2 Å². The SMILES string of the molecule is Cc1oncc1C(=O)N1CCN(c2ccccc2N)CC1. The molecule has 0 spiro atoms. The van der Waals surface area contributed by atoms with Crippen LogP contribution < -0.4 is 10.6 Å². The number of aryl methyl sites for hydroxylation is 1. The molecule has 1 saturated heterocycles. The molecule has 6 nitrogen and oxygen atoms in total. The second-order valence-corrected chi connectivity index (χ2v) is 5.13. The lowest BCUT2D eigenvalue weighted by Crippen LogP contribution is -2.49. The lowest BCUT2D eigenvalue weighted by Gasteiger charge is -2.36. The van der Waals surface area contributed by atoms with Gasteiger partial charge in [0.1, 0.15) is 11.3 Å². The molecule has 2 heterocycles. The van der Waals surface area contributed by atoms with Gasteiger partial charge in [0.25, 0.3) is 5.91 Å². The number of aromatic nitrogens is 1. The highest BCUT2D eigenvalue weighted by Crippen LogP contribution is 2.24. The standard InChI is InChI=1S/C15H18N4O2/c1-11-12(10-17-21-11)15(20)19-8-6-18(7-9-19)14-5-3-2-4-13(14)16/h2-5,10H,6-9,16H2,1H3. The van der Waals surface area contributed by atoms with Crippen molar-refractivity contribution in [3.8, 4) is 0 Å². The normalized spacial score (nSPS) is 15.3. The van der Waals surface area contributed by atoms with Crippen molar-refractivity contribution >= 4 is 17.3 Å². The third kappa shape index (κ3) is 2.56. The lowest BCUT2D eigenvalue weighted by atomic mass is 10.2. The van der Waals surface area contributed by atoms with Crippen LogP contribution in [0, 0.1) is 6.92 Å². The summed E-state index contributed by atoms with van der Waals surface area (Å²) >= 11 is 0. The van der Waals surface area contributed by atoms with Gasteiger partial charge in [-0.15, -0.1) is 0 Å². The van der Waals surface area contributed by atoms with Gasteiger partial charge >= 0.3 is 0 Å². The Morgan fingerprint density at radius 2 is 1.95 bits per heavy atom. The van der Waals surface area contributed by atoms with E-state index in [0.717, 1.165) is 24.5 Å². The van der Waals surface area contributed by atoms with Crippen LogP contribution in [-0.4, -0.2) is 42.1 Å². The highest BCUT2D eigenvalue weighted by molar-refractivity contribution is 5.95. The highest BCUT2D eigenvalue weighted by atomic mass is 16.5. The van der Waals surface area contributed by atoms with Gasteiger partial charge in [-0.2, -0.15) is 0 Å². The van der Waals surface area contributed by atoms with Crippen LogP contribution in [-0.2, 0) is 0 Å². The number of nitrogens with zero attached hydrogens (tertiary/aromatic N) is 3. The molecular formula is C15H18N4O2. The Hall–Kier alpha value is -2.50. The van der Waals surface area contributed by atoms with Gasteiger partial charge in [0, 0.05) is 26.2 Å². The molecule has 1 aromatic heterocycles. The molecule has 0 saturated carbocycles. The van der Waals surface area contributed by atoms with Crippen molar-refractivity contribution in [3.05, 3.63) is 41.8 Å². The minimum Gasteiger partial charge on any atom is -0.397 e. The third-order valence-electron chi connectivity index (χ3n) is 3.83. The Morgan fingerprint density at radius 1 is 1.24 bits per heavy atom. The number of carbonyl (C=O) groups excluding carboxylic acids is 1. The van der Waals surface area contributed by atoms with E-state index in [9.17, 15) is 4.79 Å². The molecule has 1 aromatic carbocycles. The van der Waals surface area contributed by atoms with Crippen LogP contribution in [0.3, 0.4) is 0 Å². The number of nitrogen functional groups attached to an aromatic ring is 1. The summed E-state index contributed by atoms with van der Waals surface area (Å²) in [6.45, 7) is 4.62. The number of carbonyl (C=O) groups is 1. The molecule has 0 radical (unpaired) electrons. The highest BCUT2D eigenvalue weighted by Gasteiger charge is 2.25. The van der Waals surface area contributed by atoms with E-state index in [4.69, 9.17) is 10.3 Å². The fraction of sp³-hybridized carbons (Fsp3) is 0.333. The van der Waals surface area contributed by atoms with E-state index >= 15 is 0 Å². The van der Waals surface area contributed by atoms with E-state index in [1.54, 1.807) is 6.92 Å². The van der Waals surface area contributed by atoms with Crippen molar-refractivity contribution in [2.75, 3.05) is 36.8 Å². The van der Waals surface area contributed by atoms with E-state index in [1.165, 1.54) is 6.20 Å². The second-order valence-electron chi connectivity index (χ2n) is 5.13. The van der Waals surface area contributed by atoms with Crippen LogP contribution in [0.4, 0.5) is 11.4 Å². The summed E-state index contributed by atoms with van der Waals surface area (Å²) in [5.74, 6) is 0.546. The number of hydrogen-bond acceptors (Lipinski definition) is 5. The molecule has 1 fully saturated rings. The third-order valence-corrected chi connectivity index (χ3v) is 3.83. The van der Waals surface area contributed by atoms with Crippen molar-refractivity contribution in [1.29, 1.82) is 0 Å². The van der Waals surface area contributed by atoms with Crippen LogP contribution in [0.25, 0.3) is 0 Å². The summed E-state index contributed by atoms with van der Waals surface area (Å²) < 4.78 is 4.96. The van der Waals surface area contributed by atoms with Crippen LogP contribution in [0.5, 0.6) is 0 Å². The Balaban J connectivity index is 1.67. The first kappa shape index (κ1) is 13.5. The van der Waals surface area contributed by atoms with Crippen LogP contribution in [0.2, 0.25) is 0 Å². The average Bonchev–Trinajstić information content (AvgIpc) is 2.93. The first-order valence-corrected chi connectivity index (χ1v) is 6.97. The lowest BCUT2D eigenvalue weighted by molar-refractivity contribution is 0.0745. The van der Waals surface area contributed by atoms with Gasteiger partial charge in [0.2, 0.25) is 0 Å². The number of hydrogen-bond donors (Lipinski definition) is 1. The molecule has 0 atom stereocenters. The van der Waals surface area contributed by atoms with Crippen molar-refractivity contribution in [3.63, 3.8) is 0 Å². The van der Waals surface area contributed by atoms with Gasteiger partial charge in [-0.3, -0.25) is 4.79 Å². The number of benzene rings is 1. The molecule has 110 valence electrons. The molecule has 0 bridgehead atoms. The maximum Gasteiger partial charge on any atom is 0.259 e. The summed E-state index contributed by atoms with van der Waals surface area (Å²) in [4.78, 5) is 16.4. The minimum absolute atomic E-state index is 0.0190. The van der Waals surface area contributed by atoms with E-state index in [2.05, 4.69) is 10.1 Å². The molecular weight excluding hydrogens is 268 g/mol. The van der Waals surface area contributed by atoms with E-state index in [-0.39, 0.29) is 5.91 Å². The monoisotopic (exact) mass is 286 g/mol. The zero-order valence-corrected chi connectivity index (χ0v) is 12.0. The summed E-state index contributed by atoms with van der Waals surface area (Å²) in [6, 6.07) is 7.81. The Bertz CT molecular complexity index is 645. The number of piperazine rings is 1. The Morgan fingerprint density at radius 3 is 2.57 bits per heavy atom. The fourth-order valence-corrected chi connectivity index (χ4v) is 2.60. The molecule has 2 aromatic rings. The predicted molar refractivity (Wildman–Crippen MR) is 80.2 cm³/mol. The molecule has 0 unspecified atom stereocenters. The molecule has 6 heteroatoms. The quantitative estimate of drug-likeness (QED) is 0.847. The Kier molecular flexibility index (Phi) is 3.51. The van der Waals surface area contributed by atoms with Gasteiger partial charge in [-0.25, -0.2) is 0 Å². The number of amides is 1. The summed E-state index contributed by atoms with van der Waals surface area (Å²) in [7, 11) is 0. The van der Waals surface area contributed by atoms with Gasteiger partial charge in [0.15, 0.2) is 0 Å². The number of nitrogens with two attached hydrogens (primary N) is 1. The molecule has 0 aliphatic carbocycles. The van der Waals surface area contributed by atoms with Crippen molar-refractivity contribution < 1.29 is 9.32 Å². The van der Waals surface area contributed by atoms with E-state index in [0.29, 0.717) is 24.4 Å². The molecule has 2 N–H and O–H groups in total.